The number of amides is 2. The molecule has 1 saturated heterocycles. The number of ether oxygens (including phenoxy) is 1. The largest absolute Gasteiger partial charge is 0.367 e. The number of nitrogens with zero attached hydrogens (tertiary/aromatic N) is 1. The molecule has 0 unspecified atom stereocenters. The fourth-order valence-electron chi connectivity index (χ4n) is 2.80. The number of aryl methyl sites for hydroxylation is 1. The van der Waals surface area contributed by atoms with E-state index in [0.29, 0.717) is 6.54 Å². The molecule has 0 aliphatic carbocycles. The lowest BCUT2D eigenvalue weighted by Crippen LogP contribution is -2.50. The minimum absolute atomic E-state index is 0.0228. The normalized spacial score (nSPS) is 23.0. The number of hydrogen-bond acceptors (Lipinski definition) is 4. The zero-order chi connectivity index (χ0) is 15.7. The van der Waals surface area contributed by atoms with Gasteiger partial charge in [-0.3, -0.25) is 0 Å². The van der Waals surface area contributed by atoms with Crippen LogP contribution >= 0.6 is 11.3 Å². The van der Waals surface area contributed by atoms with Crippen LogP contribution in [0.2, 0.25) is 0 Å². The topological polar surface area (TPSA) is 63.2 Å². The Kier molecular flexibility index (Phi) is 4.58. The van der Waals surface area contributed by atoms with Crippen molar-refractivity contribution in [1.29, 1.82) is 0 Å². The van der Waals surface area contributed by atoms with Gasteiger partial charge in [0.25, 0.3) is 0 Å². The molecule has 2 heterocycles. The first kappa shape index (κ1) is 16.2. The Hall–Kier alpha value is -1.14. The van der Waals surface area contributed by atoms with Gasteiger partial charge in [0.05, 0.1) is 22.3 Å². The van der Waals surface area contributed by atoms with E-state index in [1.807, 2.05) is 27.0 Å². The van der Waals surface area contributed by atoms with Gasteiger partial charge in [-0.15, -0.1) is 11.3 Å². The van der Waals surface area contributed by atoms with Gasteiger partial charge in [-0.1, -0.05) is 0 Å². The van der Waals surface area contributed by atoms with Crippen molar-refractivity contribution in [3.05, 3.63) is 16.1 Å². The van der Waals surface area contributed by atoms with Gasteiger partial charge < -0.3 is 15.4 Å². The third-order valence-corrected chi connectivity index (χ3v) is 4.65. The highest BCUT2D eigenvalue weighted by molar-refractivity contribution is 7.11. The molecular formula is C15H25N3O2S. The molecule has 0 spiro atoms. The summed E-state index contributed by atoms with van der Waals surface area (Å²) >= 11 is 1.67. The van der Waals surface area contributed by atoms with Crippen LogP contribution in [0.4, 0.5) is 4.79 Å². The second-order valence-corrected chi connectivity index (χ2v) is 8.06. The summed E-state index contributed by atoms with van der Waals surface area (Å²) in [7, 11) is 0. The molecule has 2 amide bonds. The molecule has 1 aliphatic heterocycles. The summed E-state index contributed by atoms with van der Waals surface area (Å²) in [5, 5.41) is 6.97. The van der Waals surface area contributed by atoms with Crippen molar-refractivity contribution in [2.75, 3.05) is 6.54 Å². The molecule has 5 nitrogen and oxygen atoms in total. The molecule has 0 saturated carbocycles. The van der Waals surface area contributed by atoms with Gasteiger partial charge in [0.1, 0.15) is 0 Å². The molecule has 1 aliphatic rings. The van der Waals surface area contributed by atoms with Crippen molar-refractivity contribution in [1.82, 2.24) is 15.6 Å². The summed E-state index contributed by atoms with van der Waals surface area (Å²) in [6.07, 6.45) is 3.45. The van der Waals surface area contributed by atoms with Crippen molar-refractivity contribution in [2.45, 2.75) is 64.7 Å². The molecule has 2 rings (SSSR count). The monoisotopic (exact) mass is 311 g/mol. The van der Waals surface area contributed by atoms with Crippen molar-refractivity contribution >= 4 is 17.4 Å². The second kappa shape index (κ2) is 5.93. The first-order valence-corrected chi connectivity index (χ1v) is 8.15. The van der Waals surface area contributed by atoms with Crippen molar-refractivity contribution in [2.24, 2.45) is 0 Å². The van der Waals surface area contributed by atoms with Crippen LogP contribution in [0, 0.1) is 6.92 Å². The highest BCUT2D eigenvalue weighted by atomic mass is 32.1. The maximum absolute atomic E-state index is 12.0. The van der Waals surface area contributed by atoms with E-state index in [1.165, 1.54) is 4.88 Å². The molecule has 6 heteroatoms. The summed E-state index contributed by atoms with van der Waals surface area (Å²) in [6, 6.07) is -0.114. The summed E-state index contributed by atoms with van der Waals surface area (Å²) in [6.45, 7) is 10.8. The van der Waals surface area contributed by atoms with Crippen LogP contribution in [0.5, 0.6) is 0 Å². The number of urea groups is 1. The van der Waals surface area contributed by atoms with E-state index in [1.54, 1.807) is 11.3 Å². The van der Waals surface area contributed by atoms with Crippen LogP contribution in [0.1, 0.15) is 44.0 Å². The van der Waals surface area contributed by atoms with E-state index in [-0.39, 0.29) is 23.3 Å². The van der Waals surface area contributed by atoms with Crippen LogP contribution in [0.15, 0.2) is 6.20 Å². The molecule has 1 aromatic heterocycles. The van der Waals surface area contributed by atoms with E-state index in [4.69, 9.17) is 4.74 Å². The minimum Gasteiger partial charge on any atom is -0.367 e. The van der Waals surface area contributed by atoms with Gasteiger partial charge in [0.2, 0.25) is 0 Å². The fraction of sp³-hybridized carbons (Fsp3) is 0.733. The summed E-state index contributed by atoms with van der Waals surface area (Å²) in [4.78, 5) is 17.5. The summed E-state index contributed by atoms with van der Waals surface area (Å²) in [5.74, 6) is 0. The Morgan fingerprint density at radius 1 is 1.48 bits per heavy atom. The number of carbonyl (C=O) groups excluding carboxylic acids is 1. The fourth-order valence-corrected chi connectivity index (χ4v) is 3.58. The zero-order valence-corrected chi connectivity index (χ0v) is 14.3. The number of thiazole rings is 1. The predicted molar refractivity (Wildman–Crippen MR) is 84.7 cm³/mol. The van der Waals surface area contributed by atoms with Crippen molar-refractivity contribution in [3.8, 4) is 0 Å². The number of hydrogen-bond donors (Lipinski definition) is 2. The Bertz CT molecular complexity index is 511. The number of aromatic nitrogens is 1. The number of rotatable bonds is 4. The lowest BCUT2D eigenvalue weighted by atomic mass is 9.95. The zero-order valence-electron chi connectivity index (χ0n) is 13.4. The molecule has 1 atom stereocenters. The van der Waals surface area contributed by atoms with Gasteiger partial charge in [-0.25, -0.2) is 9.78 Å². The number of nitrogens with one attached hydrogen (secondary N) is 2. The van der Waals surface area contributed by atoms with E-state index in [0.717, 1.165) is 17.8 Å². The molecule has 2 N–H and O–H groups in total. The van der Waals surface area contributed by atoms with Crippen molar-refractivity contribution in [3.63, 3.8) is 0 Å². The molecule has 1 aromatic rings. The third kappa shape index (κ3) is 4.41. The molecule has 0 bridgehead atoms. The SMILES string of the molecule is Cc1cnc(CCNC(=O)N[C@@H]2CC(C)(C)OC2(C)C)s1. The second-order valence-electron chi connectivity index (χ2n) is 6.74. The molecular weight excluding hydrogens is 286 g/mol. The molecule has 0 aromatic carbocycles. The molecule has 0 radical (unpaired) electrons. The van der Waals surface area contributed by atoms with Crippen molar-refractivity contribution < 1.29 is 9.53 Å². The van der Waals surface area contributed by atoms with E-state index in [2.05, 4.69) is 29.5 Å². The Labute approximate surface area is 130 Å². The predicted octanol–water partition coefficient (Wildman–Crippen LogP) is 2.64. The van der Waals surface area contributed by atoms with Crippen LogP contribution in [-0.2, 0) is 11.2 Å². The first-order valence-electron chi connectivity index (χ1n) is 7.34. The number of carbonyl (C=O) groups is 1. The van der Waals surface area contributed by atoms with Gasteiger partial charge >= 0.3 is 6.03 Å². The Balaban J connectivity index is 1.77. The van der Waals surface area contributed by atoms with Gasteiger partial charge in [0, 0.05) is 24.0 Å². The van der Waals surface area contributed by atoms with Gasteiger partial charge in [-0.05, 0) is 41.0 Å². The summed E-state index contributed by atoms with van der Waals surface area (Å²) < 4.78 is 5.98. The highest BCUT2D eigenvalue weighted by Gasteiger charge is 2.46. The van der Waals surface area contributed by atoms with Crippen LogP contribution in [0.3, 0.4) is 0 Å². The quantitative estimate of drug-likeness (QED) is 0.898. The van der Waals surface area contributed by atoms with E-state index in [9.17, 15) is 4.79 Å². The van der Waals surface area contributed by atoms with Gasteiger partial charge in [0.15, 0.2) is 0 Å². The highest BCUT2D eigenvalue weighted by Crippen LogP contribution is 2.37. The average molecular weight is 311 g/mol. The average Bonchev–Trinajstić information content (AvgIpc) is 2.80. The lowest BCUT2D eigenvalue weighted by molar-refractivity contribution is -0.0690. The van der Waals surface area contributed by atoms with Crippen LogP contribution in [-0.4, -0.2) is 34.8 Å². The standard InChI is InChI=1S/C15H25N3O2S/c1-10-9-17-12(21-10)6-7-16-13(19)18-11-8-14(2,3)20-15(11,4)5/h9,11H,6-8H2,1-5H3,(H2,16,18,19)/t11-/m1/s1. The minimum atomic E-state index is -0.340. The summed E-state index contributed by atoms with van der Waals surface area (Å²) in [5.41, 5.74) is -0.535. The molecule has 1 fully saturated rings. The Morgan fingerprint density at radius 2 is 2.19 bits per heavy atom. The van der Waals surface area contributed by atoms with Gasteiger partial charge in [-0.2, -0.15) is 0 Å². The molecule has 118 valence electrons. The maximum atomic E-state index is 12.0. The first-order chi connectivity index (χ1) is 9.68. The van der Waals surface area contributed by atoms with Crippen LogP contribution in [0.25, 0.3) is 0 Å². The smallest absolute Gasteiger partial charge is 0.315 e. The molecule has 21 heavy (non-hydrogen) atoms. The maximum Gasteiger partial charge on any atom is 0.315 e. The Morgan fingerprint density at radius 3 is 2.71 bits per heavy atom. The van der Waals surface area contributed by atoms with E-state index < -0.39 is 0 Å². The van der Waals surface area contributed by atoms with Crippen LogP contribution < -0.4 is 10.6 Å². The lowest BCUT2D eigenvalue weighted by Gasteiger charge is -2.27. The van der Waals surface area contributed by atoms with E-state index >= 15 is 0 Å². The third-order valence-electron chi connectivity index (χ3n) is 3.67.